The van der Waals surface area contributed by atoms with Crippen molar-refractivity contribution in [3.05, 3.63) is 65.2 Å². The number of carbonyl (C=O) groups excluding carboxylic acids is 1. The number of benzene rings is 2. The normalized spacial score (nSPS) is 14.8. The second-order valence-electron chi connectivity index (χ2n) is 6.93. The fourth-order valence-corrected chi connectivity index (χ4v) is 3.28. The molecule has 1 aliphatic rings. The molecule has 0 unspecified atom stereocenters. The highest BCUT2D eigenvalue weighted by atomic mass is 19.1. The molecule has 0 radical (unpaired) electrons. The summed E-state index contributed by atoms with van der Waals surface area (Å²) in [6.45, 7) is 4.50. The fourth-order valence-electron chi connectivity index (χ4n) is 3.28. The number of carbonyl (C=O) groups is 1. The summed E-state index contributed by atoms with van der Waals surface area (Å²) in [4.78, 5) is 14.5. The molecule has 1 aliphatic carbocycles. The Morgan fingerprint density at radius 3 is 2.46 bits per heavy atom. The van der Waals surface area contributed by atoms with Gasteiger partial charge in [0, 0.05) is 18.7 Å². The summed E-state index contributed by atoms with van der Waals surface area (Å²) in [6.07, 6.45) is 2.98. The van der Waals surface area contributed by atoms with Crippen molar-refractivity contribution in [3.63, 3.8) is 0 Å². The van der Waals surface area contributed by atoms with Crippen LogP contribution in [0.5, 0.6) is 0 Å². The summed E-state index contributed by atoms with van der Waals surface area (Å²) in [5.41, 5.74) is 2.39. The minimum atomic E-state index is -0.768. The smallest absolute Gasteiger partial charge is 0.321 e. The first-order chi connectivity index (χ1) is 12.5. The highest BCUT2D eigenvalue weighted by molar-refractivity contribution is 5.89. The van der Waals surface area contributed by atoms with Gasteiger partial charge in [-0.2, -0.15) is 0 Å². The molecule has 1 N–H and O–H groups in total. The predicted molar refractivity (Wildman–Crippen MR) is 99.2 cm³/mol. The molecule has 0 spiro atoms. The Hall–Kier alpha value is -2.43. The van der Waals surface area contributed by atoms with Crippen LogP contribution >= 0.6 is 0 Å². The second kappa shape index (κ2) is 7.85. The van der Waals surface area contributed by atoms with Gasteiger partial charge in [0.1, 0.15) is 11.6 Å². The zero-order valence-electron chi connectivity index (χ0n) is 15.1. The van der Waals surface area contributed by atoms with Crippen LogP contribution in [0.15, 0.2) is 42.5 Å². The molecule has 2 aromatic carbocycles. The number of hydrogen-bond acceptors (Lipinski definition) is 1. The summed E-state index contributed by atoms with van der Waals surface area (Å²) in [5, 5.41) is 2.59. The van der Waals surface area contributed by atoms with Crippen LogP contribution in [0.4, 0.5) is 19.3 Å². The molecule has 2 aromatic rings. The maximum atomic E-state index is 13.9. The summed E-state index contributed by atoms with van der Waals surface area (Å²) in [7, 11) is 0. The van der Waals surface area contributed by atoms with Gasteiger partial charge in [-0.1, -0.05) is 29.8 Å². The zero-order valence-corrected chi connectivity index (χ0v) is 15.1. The maximum Gasteiger partial charge on any atom is 0.322 e. The van der Waals surface area contributed by atoms with Crippen molar-refractivity contribution >= 4 is 11.7 Å². The van der Waals surface area contributed by atoms with E-state index in [-0.39, 0.29) is 17.8 Å². The molecule has 3 nitrogen and oxygen atoms in total. The molecular formula is C21H24F2N2O. The molecule has 0 saturated heterocycles. The van der Waals surface area contributed by atoms with Gasteiger partial charge in [0.15, 0.2) is 0 Å². The molecule has 2 amide bonds. The number of urea groups is 1. The van der Waals surface area contributed by atoms with Crippen molar-refractivity contribution in [1.29, 1.82) is 0 Å². The Morgan fingerprint density at radius 2 is 1.88 bits per heavy atom. The molecule has 1 atom stereocenters. The van der Waals surface area contributed by atoms with Crippen molar-refractivity contribution in [3.8, 4) is 0 Å². The first-order valence-corrected chi connectivity index (χ1v) is 9.06. The van der Waals surface area contributed by atoms with Crippen molar-refractivity contribution in [2.45, 2.75) is 39.2 Å². The highest BCUT2D eigenvalue weighted by Crippen LogP contribution is 2.37. The van der Waals surface area contributed by atoms with E-state index in [2.05, 4.69) is 29.6 Å². The maximum absolute atomic E-state index is 13.9. The van der Waals surface area contributed by atoms with E-state index in [0.717, 1.165) is 31.4 Å². The van der Waals surface area contributed by atoms with Gasteiger partial charge >= 0.3 is 6.03 Å². The van der Waals surface area contributed by atoms with Crippen molar-refractivity contribution < 1.29 is 13.6 Å². The second-order valence-corrected chi connectivity index (χ2v) is 6.93. The van der Waals surface area contributed by atoms with Crippen LogP contribution in [0.3, 0.4) is 0 Å². The summed E-state index contributed by atoms with van der Waals surface area (Å²) < 4.78 is 26.9. The molecule has 26 heavy (non-hydrogen) atoms. The van der Waals surface area contributed by atoms with E-state index in [1.165, 1.54) is 17.2 Å². The quantitative estimate of drug-likeness (QED) is 0.761. The van der Waals surface area contributed by atoms with Crippen molar-refractivity contribution in [2.24, 2.45) is 5.92 Å². The Kier molecular flexibility index (Phi) is 5.55. The van der Waals surface area contributed by atoms with E-state index in [1.54, 1.807) is 4.90 Å². The van der Waals surface area contributed by atoms with Gasteiger partial charge in [0.05, 0.1) is 5.69 Å². The lowest BCUT2D eigenvalue weighted by atomic mass is 10.00. The van der Waals surface area contributed by atoms with Crippen LogP contribution in [-0.2, 0) is 6.42 Å². The number of hydrogen-bond donors (Lipinski definition) is 1. The standard InChI is InChI=1S/C21H24F2N2O/c1-3-25(21(26)24-19-11-10-17(22)13-18(19)23)20(16-8-9-16)12-15-6-4-14(2)5-7-15/h4-7,10-11,13,16,20H,3,8-9,12H2,1-2H3,(H,24,26)/t20-/m1/s1. The van der Waals surface area contributed by atoms with Crippen LogP contribution in [0.1, 0.15) is 30.9 Å². The number of amides is 2. The molecular weight excluding hydrogens is 334 g/mol. The largest absolute Gasteiger partial charge is 0.322 e. The Morgan fingerprint density at radius 1 is 1.19 bits per heavy atom. The van der Waals surface area contributed by atoms with Gasteiger partial charge in [-0.05, 0) is 56.7 Å². The minimum absolute atomic E-state index is 0.000247. The highest BCUT2D eigenvalue weighted by Gasteiger charge is 2.37. The van der Waals surface area contributed by atoms with E-state index in [4.69, 9.17) is 0 Å². The molecule has 138 valence electrons. The topological polar surface area (TPSA) is 32.3 Å². The van der Waals surface area contributed by atoms with Crippen LogP contribution in [0.25, 0.3) is 0 Å². The molecule has 0 aliphatic heterocycles. The number of rotatable bonds is 6. The SMILES string of the molecule is CCN(C(=O)Nc1ccc(F)cc1F)[C@H](Cc1ccc(C)cc1)C1CC1. The van der Waals surface area contributed by atoms with E-state index < -0.39 is 11.6 Å². The Bertz CT molecular complexity index is 772. The lowest BCUT2D eigenvalue weighted by Gasteiger charge is -2.31. The van der Waals surface area contributed by atoms with E-state index >= 15 is 0 Å². The van der Waals surface area contributed by atoms with E-state index in [1.807, 2.05) is 13.8 Å². The third-order valence-corrected chi connectivity index (χ3v) is 4.91. The molecule has 3 rings (SSSR count). The fraction of sp³-hybridized carbons (Fsp3) is 0.381. The number of nitrogens with one attached hydrogen (secondary N) is 1. The number of nitrogens with zero attached hydrogens (tertiary/aromatic N) is 1. The lowest BCUT2D eigenvalue weighted by Crippen LogP contribution is -2.45. The van der Waals surface area contributed by atoms with Gasteiger partial charge < -0.3 is 10.2 Å². The first-order valence-electron chi connectivity index (χ1n) is 9.06. The van der Waals surface area contributed by atoms with E-state index in [9.17, 15) is 13.6 Å². The van der Waals surface area contributed by atoms with Gasteiger partial charge in [0.25, 0.3) is 0 Å². The number of aryl methyl sites for hydroxylation is 1. The summed E-state index contributed by atoms with van der Waals surface area (Å²) >= 11 is 0. The zero-order chi connectivity index (χ0) is 18.7. The molecule has 1 saturated carbocycles. The predicted octanol–water partition coefficient (Wildman–Crippen LogP) is 5.15. The third-order valence-electron chi connectivity index (χ3n) is 4.91. The number of likely N-dealkylation sites (N-methyl/N-ethyl adjacent to an activating group) is 1. The van der Waals surface area contributed by atoms with Crippen molar-refractivity contribution in [2.75, 3.05) is 11.9 Å². The average molecular weight is 358 g/mol. The molecule has 0 aromatic heterocycles. The number of anilines is 1. The van der Waals surface area contributed by atoms with Crippen LogP contribution < -0.4 is 5.32 Å². The van der Waals surface area contributed by atoms with Gasteiger partial charge in [0.2, 0.25) is 0 Å². The Balaban J connectivity index is 1.75. The van der Waals surface area contributed by atoms with E-state index in [0.29, 0.717) is 12.5 Å². The van der Waals surface area contributed by atoms with Crippen LogP contribution in [-0.4, -0.2) is 23.5 Å². The average Bonchev–Trinajstić information content (AvgIpc) is 3.44. The third kappa shape index (κ3) is 4.40. The van der Waals surface area contributed by atoms with Crippen LogP contribution in [0.2, 0.25) is 0 Å². The van der Waals surface area contributed by atoms with Crippen LogP contribution in [0, 0.1) is 24.5 Å². The Labute approximate surface area is 153 Å². The first kappa shape index (κ1) is 18.4. The monoisotopic (exact) mass is 358 g/mol. The molecule has 0 heterocycles. The van der Waals surface area contributed by atoms with Gasteiger partial charge in [-0.15, -0.1) is 0 Å². The molecule has 1 fully saturated rings. The minimum Gasteiger partial charge on any atom is -0.321 e. The molecule has 5 heteroatoms. The van der Waals surface area contributed by atoms with Crippen molar-refractivity contribution in [1.82, 2.24) is 4.90 Å². The summed E-state index contributed by atoms with van der Waals surface area (Å²) in [6, 6.07) is 11.2. The number of halogens is 2. The lowest BCUT2D eigenvalue weighted by molar-refractivity contribution is 0.182. The van der Waals surface area contributed by atoms with Gasteiger partial charge in [-0.25, -0.2) is 13.6 Å². The summed E-state index contributed by atoms with van der Waals surface area (Å²) in [5.74, 6) is -0.959. The van der Waals surface area contributed by atoms with Gasteiger partial charge in [-0.3, -0.25) is 0 Å². The molecule has 0 bridgehead atoms.